The van der Waals surface area contributed by atoms with Gasteiger partial charge in [0.1, 0.15) is 5.75 Å². The van der Waals surface area contributed by atoms with Gasteiger partial charge >= 0.3 is 0 Å². The Morgan fingerprint density at radius 3 is 2.74 bits per heavy atom. The molecule has 1 N–H and O–H groups in total. The third-order valence-electron chi connectivity index (χ3n) is 5.58. The zero-order valence-electron chi connectivity index (χ0n) is 19.0. The average molecular weight is 422 g/mol. The number of fused-ring (bicyclic) bond motifs is 1. The first kappa shape index (κ1) is 23.0. The van der Waals surface area contributed by atoms with Crippen LogP contribution in [0.25, 0.3) is 10.9 Å². The van der Waals surface area contributed by atoms with E-state index in [9.17, 15) is 4.79 Å². The summed E-state index contributed by atoms with van der Waals surface area (Å²) in [6.07, 6.45) is 9.31. The Morgan fingerprint density at radius 1 is 1.10 bits per heavy atom. The summed E-state index contributed by atoms with van der Waals surface area (Å²) in [5.41, 5.74) is 2.23. The monoisotopic (exact) mass is 421 g/mol. The number of pyridine rings is 2. The molecule has 0 bridgehead atoms. The lowest BCUT2D eigenvalue weighted by Crippen LogP contribution is -2.33. The summed E-state index contributed by atoms with van der Waals surface area (Å²) in [7, 11) is 1.79. The van der Waals surface area contributed by atoms with E-state index in [2.05, 4.69) is 30.2 Å². The lowest BCUT2D eigenvalue weighted by Gasteiger charge is -2.21. The Hall–Kier alpha value is -2.66. The van der Waals surface area contributed by atoms with Crippen LogP contribution in [-0.4, -0.2) is 28.7 Å². The second-order valence-electron chi connectivity index (χ2n) is 8.71. The van der Waals surface area contributed by atoms with Gasteiger partial charge in [-0.05, 0) is 80.5 Å². The van der Waals surface area contributed by atoms with Gasteiger partial charge in [0, 0.05) is 36.9 Å². The van der Waals surface area contributed by atoms with Crippen molar-refractivity contribution >= 4 is 10.9 Å². The first-order valence-corrected chi connectivity index (χ1v) is 11.4. The zero-order chi connectivity index (χ0) is 22.1. The van der Waals surface area contributed by atoms with Crippen LogP contribution in [0.3, 0.4) is 0 Å². The maximum Gasteiger partial charge on any atom is 0.250 e. The van der Waals surface area contributed by atoms with E-state index in [1.165, 1.54) is 12.0 Å². The van der Waals surface area contributed by atoms with E-state index in [1.807, 2.05) is 42.7 Å². The Morgan fingerprint density at radius 2 is 1.97 bits per heavy atom. The van der Waals surface area contributed by atoms with E-state index in [0.717, 1.165) is 48.9 Å². The Kier molecular flexibility index (Phi) is 8.65. The summed E-state index contributed by atoms with van der Waals surface area (Å²) >= 11 is 0. The van der Waals surface area contributed by atoms with Crippen LogP contribution < -0.4 is 15.6 Å². The summed E-state index contributed by atoms with van der Waals surface area (Å²) in [5, 5.41) is 4.76. The topological polar surface area (TPSA) is 56.2 Å². The van der Waals surface area contributed by atoms with E-state index in [0.29, 0.717) is 18.6 Å². The largest absolute Gasteiger partial charge is 0.494 e. The number of hydrogen-bond donors (Lipinski definition) is 1. The van der Waals surface area contributed by atoms with E-state index in [4.69, 9.17) is 4.74 Å². The van der Waals surface area contributed by atoms with Crippen molar-refractivity contribution in [2.75, 3.05) is 13.2 Å². The number of nitrogens with zero attached hydrogens (tertiary/aromatic N) is 2. The molecule has 1 aromatic carbocycles. The molecule has 0 aliphatic heterocycles. The number of rotatable bonds is 12. The molecule has 2 aromatic heterocycles. The molecule has 1 atom stereocenters. The molecule has 5 heteroatoms. The molecule has 3 rings (SSSR count). The smallest absolute Gasteiger partial charge is 0.250 e. The van der Waals surface area contributed by atoms with Gasteiger partial charge in [0.2, 0.25) is 0 Å². The molecule has 31 heavy (non-hydrogen) atoms. The number of nitrogens with one attached hydrogen (secondary N) is 1. The standard InChI is InChI=1S/C26H35N3O2/c1-20(2)16-23(17-21-8-7-13-27-19-21)28-14-5-4-6-15-31-24-10-11-25-22(18-24)9-12-26(30)29(25)3/h7-13,18-20,23,28H,4-6,14-17H2,1-3H3. The van der Waals surface area contributed by atoms with Crippen molar-refractivity contribution in [2.24, 2.45) is 13.0 Å². The third-order valence-corrected chi connectivity index (χ3v) is 5.58. The van der Waals surface area contributed by atoms with E-state index >= 15 is 0 Å². The molecule has 0 aliphatic carbocycles. The van der Waals surface area contributed by atoms with Gasteiger partial charge in [-0.25, -0.2) is 0 Å². The molecular weight excluding hydrogens is 386 g/mol. The zero-order valence-corrected chi connectivity index (χ0v) is 19.0. The highest BCUT2D eigenvalue weighted by atomic mass is 16.5. The van der Waals surface area contributed by atoms with Crippen molar-refractivity contribution in [3.63, 3.8) is 0 Å². The van der Waals surface area contributed by atoms with Crippen molar-refractivity contribution in [2.45, 2.75) is 52.0 Å². The SMILES string of the molecule is CC(C)CC(Cc1cccnc1)NCCCCCOc1ccc2c(ccc(=O)n2C)c1. The van der Waals surface area contributed by atoms with Crippen molar-refractivity contribution < 1.29 is 4.74 Å². The first-order chi connectivity index (χ1) is 15.0. The molecule has 0 radical (unpaired) electrons. The predicted molar refractivity (Wildman–Crippen MR) is 128 cm³/mol. The van der Waals surface area contributed by atoms with Crippen LogP contribution in [0.15, 0.2) is 59.7 Å². The normalized spacial score (nSPS) is 12.4. The van der Waals surface area contributed by atoms with Crippen LogP contribution in [0.5, 0.6) is 5.75 Å². The Balaban J connectivity index is 1.37. The fourth-order valence-electron chi connectivity index (χ4n) is 3.96. The van der Waals surface area contributed by atoms with Gasteiger partial charge < -0.3 is 14.6 Å². The number of ether oxygens (including phenoxy) is 1. The number of hydrogen-bond acceptors (Lipinski definition) is 4. The van der Waals surface area contributed by atoms with E-state index in [1.54, 1.807) is 17.7 Å². The molecule has 0 saturated heterocycles. The molecule has 5 nitrogen and oxygen atoms in total. The van der Waals surface area contributed by atoms with Crippen molar-refractivity contribution in [3.05, 3.63) is 70.8 Å². The molecule has 1 unspecified atom stereocenters. The summed E-state index contributed by atoms with van der Waals surface area (Å²) in [4.78, 5) is 16.0. The van der Waals surface area contributed by atoms with Crippen molar-refractivity contribution in [1.29, 1.82) is 0 Å². The maximum absolute atomic E-state index is 11.7. The van der Waals surface area contributed by atoms with Crippen LogP contribution >= 0.6 is 0 Å². The highest BCUT2D eigenvalue weighted by Gasteiger charge is 2.11. The van der Waals surface area contributed by atoms with Crippen LogP contribution in [0.4, 0.5) is 0 Å². The van der Waals surface area contributed by atoms with Crippen LogP contribution in [0.2, 0.25) is 0 Å². The average Bonchev–Trinajstić information content (AvgIpc) is 2.76. The first-order valence-electron chi connectivity index (χ1n) is 11.4. The second-order valence-corrected chi connectivity index (χ2v) is 8.71. The van der Waals surface area contributed by atoms with Gasteiger partial charge in [-0.15, -0.1) is 0 Å². The van der Waals surface area contributed by atoms with Crippen LogP contribution in [0.1, 0.15) is 45.1 Å². The minimum absolute atomic E-state index is 0.00541. The summed E-state index contributed by atoms with van der Waals surface area (Å²) < 4.78 is 7.59. The fourth-order valence-corrected chi connectivity index (χ4v) is 3.96. The lowest BCUT2D eigenvalue weighted by molar-refractivity contribution is 0.304. The molecule has 0 aliphatic rings. The molecular formula is C26H35N3O2. The number of aromatic nitrogens is 2. The molecule has 166 valence electrons. The van der Waals surface area contributed by atoms with E-state index < -0.39 is 0 Å². The number of aryl methyl sites for hydroxylation is 1. The minimum atomic E-state index is 0.00541. The van der Waals surface area contributed by atoms with Gasteiger partial charge in [0.05, 0.1) is 12.1 Å². The Bertz CT molecular complexity index is 998. The predicted octanol–water partition coefficient (Wildman–Crippen LogP) is 4.73. The highest BCUT2D eigenvalue weighted by molar-refractivity contribution is 5.80. The van der Waals surface area contributed by atoms with Crippen LogP contribution in [-0.2, 0) is 13.5 Å². The third kappa shape index (κ3) is 7.21. The molecule has 0 amide bonds. The van der Waals surface area contributed by atoms with E-state index in [-0.39, 0.29) is 5.56 Å². The van der Waals surface area contributed by atoms with Crippen molar-refractivity contribution in [1.82, 2.24) is 14.9 Å². The highest BCUT2D eigenvalue weighted by Crippen LogP contribution is 2.19. The molecule has 0 fully saturated rings. The summed E-state index contributed by atoms with van der Waals surface area (Å²) in [6.45, 7) is 6.30. The minimum Gasteiger partial charge on any atom is -0.494 e. The fraction of sp³-hybridized carbons (Fsp3) is 0.462. The van der Waals surface area contributed by atoms with Crippen LogP contribution in [0, 0.1) is 5.92 Å². The summed E-state index contributed by atoms with van der Waals surface area (Å²) in [6, 6.07) is 14.0. The number of unbranched alkanes of at least 4 members (excludes halogenated alkanes) is 2. The van der Waals surface area contributed by atoms with Gasteiger partial charge in [-0.1, -0.05) is 19.9 Å². The van der Waals surface area contributed by atoms with Gasteiger partial charge in [-0.2, -0.15) is 0 Å². The quantitative estimate of drug-likeness (QED) is 0.430. The molecule has 0 saturated carbocycles. The second kappa shape index (κ2) is 11.7. The number of benzene rings is 1. The van der Waals surface area contributed by atoms with Gasteiger partial charge in [0.25, 0.3) is 5.56 Å². The molecule has 2 heterocycles. The Labute approximate surface area is 185 Å². The van der Waals surface area contributed by atoms with Gasteiger partial charge in [-0.3, -0.25) is 9.78 Å². The maximum atomic E-state index is 11.7. The van der Waals surface area contributed by atoms with Gasteiger partial charge in [0.15, 0.2) is 0 Å². The van der Waals surface area contributed by atoms with Crippen molar-refractivity contribution in [3.8, 4) is 5.75 Å². The molecule has 0 spiro atoms. The molecule has 3 aromatic rings. The lowest BCUT2D eigenvalue weighted by atomic mass is 9.98. The summed E-state index contributed by atoms with van der Waals surface area (Å²) in [5.74, 6) is 1.53.